The van der Waals surface area contributed by atoms with Crippen LogP contribution in [-0.2, 0) is 20.4 Å². The number of carbonyl (C=O) groups excluding carboxylic acids is 1. The SMILES string of the molecule is CC(C)(C)S(=O)(=O)Cc1cccc(NC(=O)C2CCC(N)C2)c1. The monoisotopic (exact) mass is 338 g/mol. The van der Waals surface area contributed by atoms with E-state index in [4.69, 9.17) is 5.73 Å². The van der Waals surface area contributed by atoms with Crippen LogP contribution in [0.3, 0.4) is 0 Å². The highest BCUT2D eigenvalue weighted by Crippen LogP contribution is 2.26. The summed E-state index contributed by atoms with van der Waals surface area (Å²) in [5.74, 6) is -0.116. The van der Waals surface area contributed by atoms with Crippen LogP contribution in [-0.4, -0.2) is 25.1 Å². The second-order valence-electron chi connectivity index (χ2n) is 7.33. The summed E-state index contributed by atoms with van der Waals surface area (Å²) in [5, 5.41) is 2.88. The van der Waals surface area contributed by atoms with E-state index in [-0.39, 0.29) is 23.6 Å². The van der Waals surface area contributed by atoms with Gasteiger partial charge in [-0.25, -0.2) is 8.42 Å². The molecule has 1 aromatic carbocycles. The van der Waals surface area contributed by atoms with Crippen molar-refractivity contribution in [2.75, 3.05) is 5.32 Å². The van der Waals surface area contributed by atoms with Gasteiger partial charge in [0, 0.05) is 17.6 Å². The van der Waals surface area contributed by atoms with Gasteiger partial charge < -0.3 is 11.1 Å². The Bertz CT molecular complexity index is 677. The van der Waals surface area contributed by atoms with Crippen LogP contribution in [0.1, 0.15) is 45.6 Å². The van der Waals surface area contributed by atoms with E-state index >= 15 is 0 Å². The van der Waals surface area contributed by atoms with E-state index in [0.29, 0.717) is 17.7 Å². The van der Waals surface area contributed by atoms with Gasteiger partial charge in [-0.2, -0.15) is 0 Å². The first-order valence-corrected chi connectivity index (χ1v) is 9.61. The molecule has 0 aromatic heterocycles. The third-order valence-corrected chi connectivity index (χ3v) is 6.91. The van der Waals surface area contributed by atoms with Gasteiger partial charge in [-0.05, 0) is 57.7 Å². The lowest BCUT2D eigenvalue weighted by Crippen LogP contribution is -2.29. The molecule has 3 N–H and O–H groups in total. The Labute approximate surface area is 138 Å². The van der Waals surface area contributed by atoms with Crippen molar-refractivity contribution in [2.45, 2.75) is 56.6 Å². The standard InChI is InChI=1S/C17H26N2O3S/c1-17(2,3)23(21,22)11-12-5-4-6-15(9-12)19-16(20)13-7-8-14(18)10-13/h4-6,9,13-14H,7-8,10-11,18H2,1-3H3,(H,19,20). The first-order chi connectivity index (χ1) is 10.6. The number of rotatable bonds is 4. The highest BCUT2D eigenvalue weighted by atomic mass is 32.2. The van der Waals surface area contributed by atoms with E-state index in [2.05, 4.69) is 5.32 Å². The molecule has 1 amide bonds. The molecule has 0 saturated heterocycles. The van der Waals surface area contributed by atoms with Crippen molar-refractivity contribution in [3.8, 4) is 0 Å². The van der Waals surface area contributed by atoms with Crippen LogP contribution in [0.2, 0.25) is 0 Å². The Hall–Kier alpha value is -1.40. The highest BCUT2D eigenvalue weighted by Gasteiger charge is 2.30. The lowest BCUT2D eigenvalue weighted by molar-refractivity contribution is -0.119. The van der Waals surface area contributed by atoms with E-state index < -0.39 is 14.6 Å². The van der Waals surface area contributed by atoms with E-state index in [1.165, 1.54) is 0 Å². The first kappa shape index (κ1) is 17.9. The number of carbonyl (C=O) groups is 1. The minimum atomic E-state index is -3.25. The third-order valence-electron chi connectivity index (χ3n) is 4.33. The van der Waals surface area contributed by atoms with Crippen molar-refractivity contribution in [1.29, 1.82) is 0 Å². The molecule has 0 aliphatic heterocycles. The van der Waals surface area contributed by atoms with E-state index in [9.17, 15) is 13.2 Å². The molecule has 128 valence electrons. The minimum absolute atomic E-state index is 0.0332. The molecule has 0 heterocycles. The van der Waals surface area contributed by atoms with Crippen molar-refractivity contribution in [2.24, 2.45) is 11.7 Å². The van der Waals surface area contributed by atoms with Gasteiger partial charge >= 0.3 is 0 Å². The van der Waals surface area contributed by atoms with Gasteiger partial charge in [0.25, 0.3) is 0 Å². The lowest BCUT2D eigenvalue weighted by atomic mass is 10.1. The molecule has 1 aliphatic rings. The molecular weight excluding hydrogens is 312 g/mol. The largest absolute Gasteiger partial charge is 0.328 e. The normalized spacial score (nSPS) is 22.1. The van der Waals surface area contributed by atoms with Crippen LogP contribution in [0.4, 0.5) is 5.69 Å². The molecular formula is C17H26N2O3S. The number of hydrogen-bond acceptors (Lipinski definition) is 4. The molecule has 6 heteroatoms. The molecule has 2 rings (SSSR count). The van der Waals surface area contributed by atoms with E-state index in [0.717, 1.165) is 12.8 Å². The summed E-state index contributed by atoms with van der Waals surface area (Å²) in [6, 6.07) is 7.15. The summed E-state index contributed by atoms with van der Waals surface area (Å²) in [7, 11) is -3.25. The Morgan fingerprint density at radius 1 is 1.30 bits per heavy atom. The van der Waals surface area contributed by atoms with Crippen LogP contribution < -0.4 is 11.1 Å². The first-order valence-electron chi connectivity index (χ1n) is 7.96. The third kappa shape index (κ3) is 4.54. The molecule has 1 saturated carbocycles. The van der Waals surface area contributed by atoms with Gasteiger partial charge in [-0.15, -0.1) is 0 Å². The molecule has 23 heavy (non-hydrogen) atoms. The Morgan fingerprint density at radius 2 is 2.00 bits per heavy atom. The topological polar surface area (TPSA) is 89.3 Å². The summed E-state index contributed by atoms with van der Waals surface area (Å²) < 4.78 is 23.8. The predicted octanol–water partition coefficient (Wildman–Crippen LogP) is 2.47. The maximum atomic E-state index is 12.3. The molecule has 0 radical (unpaired) electrons. The number of hydrogen-bond donors (Lipinski definition) is 2. The molecule has 1 aromatic rings. The van der Waals surface area contributed by atoms with Crippen molar-refractivity contribution in [3.63, 3.8) is 0 Å². The van der Waals surface area contributed by atoms with Crippen molar-refractivity contribution in [3.05, 3.63) is 29.8 Å². The maximum Gasteiger partial charge on any atom is 0.227 e. The predicted molar refractivity (Wildman–Crippen MR) is 92.8 cm³/mol. The number of amides is 1. The summed E-state index contributed by atoms with van der Waals surface area (Å²) in [4.78, 5) is 12.2. The van der Waals surface area contributed by atoms with Gasteiger partial charge in [-0.1, -0.05) is 12.1 Å². The fraction of sp³-hybridized carbons (Fsp3) is 0.588. The van der Waals surface area contributed by atoms with Gasteiger partial charge in [-0.3, -0.25) is 4.79 Å². The van der Waals surface area contributed by atoms with Gasteiger partial charge in [0.1, 0.15) is 0 Å². The second kappa shape index (κ2) is 6.61. The molecule has 2 unspecified atom stereocenters. The zero-order valence-electron chi connectivity index (χ0n) is 14.0. The maximum absolute atomic E-state index is 12.3. The number of sulfone groups is 1. The van der Waals surface area contributed by atoms with Crippen molar-refractivity contribution < 1.29 is 13.2 Å². The lowest BCUT2D eigenvalue weighted by Gasteiger charge is -2.19. The molecule has 0 spiro atoms. The number of nitrogens with one attached hydrogen (secondary N) is 1. The van der Waals surface area contributed by atoms with Crippen molar-refractivity contribution in [1.82, 2.24) is 0 Å². The highest BCUT2D eigenvalue weighted by molar-refractivity contribution is 7.91. The summed E-state index contributed by atoms with van der Waals surface area (Å²) in [5.41, 5.74) is 7.16. The van der Waals surface area contributed by atoms with Crippen LogP contribution in [0, 0.1) is 5.92 Å². The van der Waals surface area contributed by atoms with Crippen LogP contribution >= 0.6 is 0 Å². The summed E-state index contributed by atoms with van der Waals surface area (Å²) in [6.07, 6.45) is 2.40. The number of nitrogens with two attached hydrogens (primary N) is 1. The fourth-order valence-electron chi connectivity index (χ4n) is 2.67. The Kier molecular flexibility index (Phi) is 5.16. The zero-order valence-corrected chi connectivity index (χ0v) is 14.8. The molecule has 1 aliphatic carbocycles. The van der Waals surface area contributed by atoms with E-state index in [1.807, 2.05) is 0 Å². The van der Waals surface area contributed by atoms with Crippen LogP contribution in [0.5, 0.6) is 0 Å². The fourth-order valence-corrected chi connectivity index (χ4v) is 3.73. The quantitative estimate of drug-likeness (QED) is 0.882. The summed E-state index contributed by atoms with van der Waals surface area (Å²) in [6.45, 7) is 5.08. The summed E-state index contributed by atoms with van der Waals surface area (Å²) >= 11 is 0. The number of anilines is 1. The van der Waals surface area contributed by atoms with E-state index in [1.54, 1.807) is 45.0 Å². The zero-order chi connectivity index (χ0) is 17.3. The van der Waals surface area contributed by atoms with Gasteiger partial charge in [0.2, 0.25) is 5.91 Å². The van der Waals surface area contributed by atoms with Crippen LogP contribution in [0.25, 0.3) is 0 Å². The molecule has 5 nitrogen and oxygen atoms in total. The van der Waals surface area contributed by atoms with Crippen molar-refractivity contribution >= 4 is 21.4 Å². The smallest absolute Gasteiger partial charge is 0.227 e. The number of benzene rings is 1. The Morgan fingerprint density at radius 3 is 2.57 bits per heavy atom. The second-order valence-corrected chi connectivity index (χ2v) is 10.1. The molecule has 2 atom stereocenters. The minimum Gasteiger partial charge on any atom is -0.328 e. The van der Waals surface area contributed by atoms with Crippen LogP contribution in [0.15, 0.2) is 24.3 Å². The average molecular weight is 338 g/mol. The molecule has 0 bridgehead atoms. The average Bonchev–Trinajstić information content (AvgIpc) is 2.84. The van der Waals surface area contributed by atoms with Gasteiger partial charge in [0.15, 0.2) is 9.84 Å². The Balaban J connectivity index is 2.07. The molecule has 1 fully saturated rings. The van der Waals surface area contributed by atoms with Gasteiger partial charge in [0.05, 0.1) is 10.5 Å².